The van der Waals surface area contributed by atoms with Gasteiger partial charge in [-0.3, -0.25) is 14.6 Å². The first kappa shape index (κ1) is 14.4. The molecule has 0 bridgehead atoms. The maximum Gasteiger partial charge on any atom is 0.325 e. The lowest BCUT2D eigenvalue weighted by atomic mass is 10.1. The number of hydrogen-bond acceptors (Lipinski definition) is 3. The van der Waals surface area contributed by atoms with Gasteiger partial charge in [0.2, 0.25) is 5.91 Å². The Morgan fingerprint density at radius 2 is 2.06 bits per heavy atom. The third-order valence-electron chi connectivity index (χ3n) is 2.33. The zero-order chi connectivity index (χ0) is 13.7. The molecule has 0 atom stereocenters. The van der Waals surface area contributed by atoms with Crippen LogP contribution >= 0.6 is 15.9 Å². The van der Waals surface area contributed by atoms with Crippen LogP contribution in [0.1, 0.15) is 17.7 Å². The molecule has 0 aliphatic heterocycles. The highest BCUT2D eigenvalue weighted by Crippen LogP contribution is 2.01. The second-order valence-corrected chi connectivity index (χ2v) is 4.93. The van der Waals surface area contributed by atoms with Crippen LogP contribution in [0.2, 0.25) is 0 Å². The Morgan fingerprint density at radius 1 is 1.39 bits per heavy atom. The fourth-order valence-electron chi connectivity index (χ4n) is 1.45. The molecule has 1 rings (SSSR count). The Balaban J connectivity index is 2.64. The van der Waals surface area contributed by atoms with Gasteiger partial charge in [-0.2, -0.15) is 0 Å². The summed E-state index contributed by atoms with van der Waals surface area (Å²) in [6.07, 6.45) is 0.453. The molecule has 0 radical (unpaired) electrons. The number of hydrogen-bond donors (Lipinski definition) is 3. The lowest BCUT2D eigenvalue weighted by molar-refractivity contribution is -0.120. The Labute approximate surface area is 112 Å². The van der Waals surface area contributed by atoms with Crippen LogP contribution in [0.5, 0.6) is 0 Å². The third-order valence-corrected chi connectivity index (χ3v) is 2.61. The molecule has 1 amide bonds. The van der Waals surface area contributed by atoms with Gasteiger partial charge in [-0.25, -0.2) is 4.79 Å². The van der Waals surface area contributed by atoms with Crippen molar-refractivity contribution in [3.05, 3.63) is 43.2 Å². The fourth-order valence-corrected chi connectivity index (χ4v) is 1.59. The van der Waals surface area contributed by atoms with Gasteiger partial charge >= 0.3 is 5.69 Å². The highest BCUT2D eigenvalue weighted by Gasteiger charge is 2.08. The quantitative estimate of drug-likeness (QED) is 0.730. The van der Waals surface area contributed by atoms with Crippen LogP contribution in [0.25, 0.3) is 0 Å². The Morgan fingerprint density at radius 3 is 2.61 bits per heavy atom. The maximum absolute atomic E-state index is 11.5. The number of aromatic amines is 2. The van der Waals surface area contributed by atoms with E-state index in [0.717, 1.165) is 0 Å². The van der Waals surface area contributed by atoms with Crippen LogP contribution < -0.4 is 16.6 Å². The number of halogens is 1. The van der Waals surface area contributed by atoms with Crippen LogP contribution in [0.15, 0.2) is 20.7 Å². The van der Waals surface area contributed by atoms with E-state index in [4.69, 9.17) is 0 Å². The van der Waals surface area contributed by atoms with E-state index in [-0.39, 0.29) is 18.7 Å². The summed E-state index contributed by atoms with van der Waals surface area (Å²) in [5.41, 5.74) is -0.0842. The molecule has 3 N–H and O–H groups in total. The lowest BCUT2D eigenvalue weighted by Crippen LogP contribution is -2.29. The van der Waals surface area contributed by atoms with Crippen molar-refractivity contribution in [2.75, 3.05) is 6.54 Å². The first-order chi connectivity index (χ1) is 8.40. The Bertz CT molecular complexity index is 574. The second kappa shape index (κ2) is 6.34. The van der Waals surface area contributed by atoms with E-state index in [1.165, 1.54) is 0 Å². The van der Waals surface area contributed by atoms with Crippen molar-refractivity contribution in [3.63, 3.8) is 0 Å². The third kappa shape index (κ3) is 4.33. The van der Waals surface area contributed by atoms with E-state index in [9.17, 15) is 14.4 Å². The van der Waals surface area contributed by atoms with Gasteiger partial charge in [-0.05, 0) is 13.3 Å². The van der Waals surface area contributed by atoms with Crippen LogP contribution in [0.4, 0.5) is 0 Å². The predicted octanol–water partition coefficient (Wildman–Crippen LogP) is 0.329. The molecule has 1 aromatic rings. The van der Waals surface area contributed by atoms with Gasteiger partial charge in [0, 0.05) is 28.7 Å². The predicted molar refractivity (Wildman–Crippen MR) is 71.8 cm³/mol. The molecule has 1 aromatic heterocycles. The zero-order valence-corrected chi connectivity index (χ0v) is 11.5. The van der Waals surface area contributed by atoms with Crippen LogP contribution in [-0.4, -0.2) is 22.4 Å². The molecule has 0 saturated carbocycles. The Hall–Kier alpha value is -1.63. The molecule has 18 heavy (non-hydrogen) atoms. The molecule has 0 unspecified atom stereocenters. The minimum Gasteiger partial charge on any atom is -0.352 e. The van der Waals surface area contributed by atoms with Gasteiger partial charge < -0.3 is 10.3 Å². The van der Waals surface area contributed by atoms with Crippen molar-refractivity contribution in [1.82, 2.24) is 15.3 Å². The molecular formula is C11H14BrN3O3. The molecular weight excluding hydrogens is 302 g/mol. The number of nitrogens with one attached hydrogen (secondary N) is 3. The van der Waals surface area contributed by atoms with Crippen LogP contribution in [0, 0.1) is 6.92 Å². The molecule has 1 heterocycles. The number of rotatable bonds is 5. The first-order valence-electron chi connectivity index (χ1n) is 5.32. The zero-order valence-electron chi connectivity index (χ0n) is 9.93. The number of carbonyl (C=O) groups excluding carboxylic acids is 1. The summed E-state index contributed by atoms with van der Waals surface area (Å²) in [4.78, 5) is 38.6. The van der Waals surface area contributed by atoms with Crippen molar-refractivity contribution in [2.24, 2.45) is 0 Å². The summed E-state index contributed by atoms with van der Waals surface area (Å²) >= 11 is 3.13. The van der Waals surface area contributed by atoms with Gasteiger partial charge in [-0.15, -0.1) is 0 Å². The number of aromatic nitrogens is 2. The van der Waals surface area contributed by atoms with Crippen molar-refractivity contribution >= 4 is 21.8 Å². The van der Waals surface area contributed by atoms with E-state index in [2.05, 4.69) is 37.8 Å². The summed E-state index contributed by atoms with van der Waals surface area (Å²) in [6.45, 7) is 5.57. The summed E-state index contributed by atoms with van der Waals surface area (Å²) in [5.74, 6) is -0.180. The van der Waals surface area contributed by atoms with E-state index in [0.29, 0.717) is 22.3 Å². The van der Waals surface area contributed by atoms with Gasteiger partial charge in [-0.1, -0.05) is 22.5 Å². The fraction of sp³-hybridized carbons (Fsp3) is 0.364. The number of H-pyrrole nitrogens is 2. The maximum atomic E-state index is 11.5. The molecule has 0 aliphatic carbocycles. The highest BCUT2D eigenvalue weighted by atomic mass is 79.9. The van der Waals surface area contributed by atoms with Gasteiger partial charge in [0.15, 0.2) is 0 Å². The molecule has 0 aliphatic rings. The molecule has 6 nitrogen and oxygen atoms in total. The van der Waals surface area contributed by atoms with E-state index >= 15 is 0 Å². The highest BCUT2D eigenvalue weighted by molar-refractivity contribution is 9.11. The minimum atomic E-state index is -0.540. The average molecular weight is 316 g/mol. The lowest BCUT2D eigenvalue weighted by Gasteiger charge is -2.05. The van der Waals surface area contributed by atoms with Crippen molar-refractivity contribution in [1.29, 1.82) is 0 Å². The smallest absolute Gasteiger partial charge is 0.325 e. The summed E-state index contributed by atoms with van der Waals surface area (Å²) in [5, 5.41) is 2.63. The van der Waals surface area contributed by atoms with Gasteiger partial charge in [0.05, 0.1) is 0 Å². The SMILES string of the molecule is C=C(Br)CNC(=O)CCc1c(C)[nH]c(=O)[nH]c1=O. The van der Waals surface area contributed by atoms with Crippen LogP contribution in [0.3, 0.4) is 0 Å². The molecule has 0 aromatic carbocycles. The summed E-state index contributed by atoms with van der Waals surface area (Å²) in [7, 11) is 0. The number of carbonyl (C=O) groups is 1. The minimum absolute atomic E-state index is 0.177. The standard InChI is InChI=1S/C11H14BrN3O3/c1-6(12)5-13-9(16)4-3-8-7(2)14-11(18)15-10(8)17/h1,3-5H2,2H3,(H,13,16)(H2,14,15,17,18). The van der Waals surface area contributed by atoms with E-state index in [1.54, 1.807) is 6.92 Å². The monoisotopic (exact) mass is 315 g/mol. The molecule has 0 spiro atoms. The summed E-state index contributed by atoms with van der Waals surface area (Å²) in [6, 6.07) is 0. The number of amides is 1. The van der Waals surface area contributed by atoms with Gasteiger partial charge in [0.25, 0.3) is 5.56 Å². The van der Waals surface area contributed by atoms with Crippen molar-refractivity contribution in [3.8, 4) is 0 Å². The molecule has 0 saturated heterocycles. The second-order valence-electron chi connectivity index (χ2n) is 3.81. The largest absolute Gasteiger partial charge is 0.352 e. The topological polar surface area (TPSA) is 94.8 Å². The van der Waals surface area contributed by atoms with Crippen molar-refractivity contribution in [2.45, 2.75) is 19.8 Å². The van der Waals surface area contributed by atoms with Crippen molar-refractivity contribution < 1.29 is 4.79 Å². The first-order valence-corrected chi connectivity index (χ1v) is 6.11. The average Bonchev–Trinajstić information content (AvgIpc) is 2.24. The summed E-state index contributed by atoms with van der Waals surface area (Å²) < 4.78 is 0.675. The molecule has 7 heteroatoms. The number of aryl methyl sites for hydroxylation is 1. The van der Waals surface area contributed by atoms with Gasteiger partial charge in [0.1, 0.15) is 0 Å². The molecule has 98 valence electrons. The van der Waals surface area contributed by atoms with E-state index in [1.807, 2.05) is 0 Å². The normalized spacial score (nSPS) is 10.1. The molecule has 0 fully saturated rings. The van der Waals surface area contributed by atoms with Crippen LogP contribution in [-0.2, 0) is 11.2 Å². The Kier molecular flexibility index (Phi) is 5.08. The van der Waals surface area contributed by atoms with E-state index < -0.39 is 11.2 Å².